The molecule has 0 spiro atoms. The van der Waals surface area contributed by atoms with E-state index in [2.05, 4.69) is 28.7 Å². The van der Waals surface area contributed by atoms with Crippen LogP contribution in [0.3, 0.4) is 0 Å². The summed E-state index contributed by atoms with van der Waals surface area (Å²) in [7, 11) is 0.222. The van der Waals surface area contributed by atoms with Crippen LogP contribution in [0, 0.1) is 17.8 Å². The number of hydrogen-bond acceptors (Lipinski definition) is 1. The van der Waals surface area contributed by atoms with Gasteiger partial charge in [-0.15, -0.1) is 21.8 Å². The molecule has 2 rings (SSSR count). The van der Waals surface area contributed by atoms with Crippen molar-refractivity contribution in [3.8, 4) is 0 Å². The molecule has 0 atom stereocenters. The Morgan fingerprint density at radius 3 is 2.13 bits per heavy atom. The fraction of sp³-hybridized carbons (Fsp3) is 1.00. The molecule has 0 aromatic heterocycles. The quantitative estimate of drug-likeness (QED) is 0.165. The first-order chi connectivity index (χ1) is 11.3. The van der Waals surface area contributed by atoms with E-state index >= 15 is 0 Å². The number of ether oxygens (including phenoxy) is 1. The molecule has 2 fully saturated rings. The van der Waals surface area contributed by atoms with Crippen molar-refractivity contribution in [1.29, 1.82) is 0 Å². The van der Waals surface area contributed by atoms with E-state index in [1.54, 1.807) is 0 Å². The molecule has 23 heavy (non-hydrogen) atoms. The Labute approximate surface area is 160 Å². The van der Waals surface area contributed by atoms with Gasteiger partial charge in [0, 0.05) is 6.61 Å². The molecule has 2 aliphatic carbocycles. The minimum absolute atomic E-state index is 0.222. The number of unbranched alkanes of at least 4 members (excludes halogenated alkanes) is 2. The van der Waals surface area contributed by atoms with E-state index in [0.717, 1.165) is 24.4 Å². The maximum Gasteiger partial charge on any atom is 0.0938 e. The zero-order chi connectivity index (χ0) is 16.3. The van der Waals surface area contributed by atoms with E-state index in [4.69, 9.17) is 4.74 Å². The number of halogens is 1. The van der Waals surface area contributed by atoms with Crippen molar-refractivity contribution in [1.82, 2.24) is 0 Å². The van der Waals surface area contributed by atoms with Crippen LogP contribution in [0.25, 0.3) is 0 Å². The molecule has 0 aromatic carbocycles. The van der Waals surface area contributed by atoms with Crippen LogP contribution in [0.1, 0.15) is 90.4 Å². The molecule has 2 aliphatic rings. The van der Waals surface area contributed by atoms with Crippen molar-refractivity contribution in [3.05, 3.63) is 0 Å². The van der Waals surface area contributed by atoms with Gasteiger partial charge in [0.1, 0.15) is 0 Å². The molecule has 0 aromatic rings. The third-order valence-corrected chi connectivity index (χ3v) is 9.43. The van der Waals surface area contributed by atoms with Crippen LogP contribution in [0.5, 0.6) is 0 Å². The van der Waals surface area contributed by atoms with Gasteiger partial charge in [-0.05, 0) is 62.7 Å². The Hall–Kier alpha value is 0.907. The fourth-order valence-electron chi connectivity index (χ4n) is 4.80. The van der Waals surface area contributed by atoms with Gasteiger partial charge in [-0.25, -0.2) is 0 Å². The van der Waals surface area contributed by atoms with Crippen molar-refractivity contribution in [2.75, 3.05) is 6.61 Å². The SMILES string of the molecule is CCCCCC1CCC(C2CCC(OCCC[SiH2]I)CC2)CC1. The highest BCUT2D eigenvalue weighted by atomic mass is 127. The number of rotatable bonds is 10. The summed E-state index contributed by atoms with van der Waals surface area (Å²) in [6.07, 6.45) is 19.5. The first kappa shape index (κ1) is 20.2. The average Bonchev–Trinajstić information content (AvgIpc) is 2.60. The normalized spacial score (nSPS) is 32.6. The molecule has 0 radical (unpaired) electrons. The van der Waals surface area contributed by atoms with Gasteiger partial charge in [-0.2, -0.15) is 0 Å². The van der Waals surface area contributed by atoms with Gasteiger partial charge in [-0.3, -0.25) is 0 Å². The summed E-state index contributed by atoms with van der Waals surface area (Å²) in [5.74, 6) is 3.16. The monoisotopic (exact) mass is 450 g/mol. The van der Waals surface area contributed by atoms with Crippen LogP contribution < -0.4 is 0 Å². The van der Waals surface area contributed by atoms with Crippen LogP contribution >= 0.6 is 21.8 Å². The minimum Gasteiger partial charge on any atom is -0.378 e. The molecule has 0 unspecified atom stereocenters. The second-order valence-corrected chi connectivity index (χ2v) is 12.4. The Kier molecular flexibility index (Phi) is 10.8. The lowest BCUT2D eigenvalue weighted by Crippen LogP contribution is -2.28. The zero-order valence-electron chi connectivity index (χ0n) is 15.4. The Bertz CT molecular complexity index is 283. The highest BCUT2D eigenvalue weighted by Crippen LogP contribution is 2.41. The Morgan fingerprint density at radius 2 is 1.52 bits per heavy atom. The smallest absolute Gasteiger partial charge is 0.0938 e. The lowest BCUT2D eigenvalue weighted by Gasteiger charge is -2.38. The van der Waals surface area contributed by atoms with Gasteiger partial charge in [0.05, 0.1) is 13.1 Å². The first-order valence-electron chi connectivity index (χ1n) is 10.5. The van der Waals surface area contributed by atoms with Crippen molar-refractivity contribution >= 4 is 28.8 Å². The summed E-state index contributed by atoms with van der Waals surface area (Å²) in [6.45, 7) is 3.36. The summed E-state index contributed by atoms with van der Waals surface area (Å²) in [5.41, 5.74) is 0. The van der Waals surface area contributed by atoms with Crippen LogP contribution in [0.2, 0.25) is 6.04 Å². The highest BCUT2D eigenvalue weighted by molar-refractivity contribution is 14.1. The second-order valence-electron chi connectivity index (χ2n) is 8.08. The average molecular weight is 451 g/mol. The largest absolute Gasteiger partial charge is 0.378 e. The predicted octanol–water partition coefficient (Wildman–Crippen LogP) is 6.28. The van der Waals surface area contributed by atoms with Crippen molar-refractivity contribution in [3.63, 3.8) is 0 Å². The molecule has 136 valence electrons. The molecule has 0 bridgehead atoms. The molecule has 0 saturated heterocycles. The highest BCUT2D eigenvalue weighted by Gasteiger charge is 2.30. The second kappa shape index (κ2) is 12.3. The molecule has 0 N–H and O–H groups in total. The first-order valence-corrected chi connectivity index (χ1v) is 16.6. The van der Waals surface area contributed by atoms with Crippen LogP contribution in [0.15, 0.2) is 0 Å². The molecular weight excluding hydrogens is 411 g/mol. The predicted molar refractivity (Wildman–Crippen MR) is 113 cm³/mol. The van der Waals surface area contributed by atoms with Crippen molar-refractivity contribution < 1.29 is 4.74 Å². The van der Waals surface area contributed by atoms with Gasteiger partial charge in [-0.1, -0.05) is 51.5 Å². The zero-order valence-corrected chi connectivity index (χ0v) is 19.0. The maximum atomic E-state index is 6.11. The lowest BCUT2D eigenvalue weighted by molar-refractivity contribution is 0.00731. The summed E-state index contributed by atoms with van der Waals surface area (Å²) >= 11 is 2.60. The van der Waals surface area contributed by atoms with Gasteiger partial charge in [0.15, 0.2) is 0 Å². The van der Waals surface area contributed by atoms with E-state index in [1.807, 2.05) is 0 Å². The minimum atomic E-state index is 0.222. The Balaban J connectivity index is 1.55. The molecule has 3 heteroatoms. The van der Waals surface area contributed by atoms with E-state index in [0.29, 0.717) is 6.10 Å². The van der Waals surface area contributed by atoms with Crippen molar-refractivity contribution in [2.45, 2.75) is 103 Å². The maximum absolute atomic E-state index is 6.11. The molecule has 0 amide bonds. The molecule has 1 nitrogen and oxygen atoms in total. The lowest BCUT2D eigenvalue weighted by atomic mass is 9.70. The van der Waals surface area contributed by atoms with E-state index < -0.39 is 0 Å². The van der Waals surface area contributed by atoms with Gasteiger partial charge < -0.3 is 4.74 Å². The van der Waals surface area contributed by atoms with Crippen LogP contribution in [-0.4, -0.2) is 19.7 Å². The molecular formula is C20H39IOSi. The number of hydrogen-bond donors (Lipinski definition) is 0. The van der Waals surface area contributed by atoms with E-state index in [9.17, 15) is 0 Å². The topological polar surface area (TPSA) is 9.23 Å². The summed E-state index contributed by atoms with van der Waals surface area (Å²) in [5, 5.41) is 0. The summed E-state index contributed by atoms with van der Waals surface area (Å²) in [6, 6.07) is 1.46. The van der Waals surface area contributed by atoms with Crippen LogP contribution in [-0.2, 0) is 4.74 Å². The summed E-state index contributed by atoms with van der Waals surface area (Å²) < 4.78 is 6.11. The van der Waals surface area contributed by atoms with E-state index in [1.165, 1.54) is 89.5 Å². The van der Waals surface area contributed by atoms with E-state index in [-0.39, 0.29) is 7.02 Å². The third-order valence-electron chi connectivity index (χ3n) is 6.37. The molecule has 2 saturated carbocycles. The third kappa shape index (κ3) is 7.77. The standard InChI is InChI=1S/C20H39IOSi/c1-2-3-4-6-17-7-9-18(10-8-17)19-11-13-20(14-12-19)22-15-5-16-23-21/h17-20H,2-16,23H2,1H3. The fourth-order valence-corrected chi connectivity index (χ4v) is 6.82. The molecule has 0 heterocycles. The van der Waals surface area contributed by atoms with Gasteiger partial charge in [0.25, 0.3) is 0 Å². The van der Waals surface area contributed by atoms with Gasteiger partial charge >= 0.3 is 0 Å². The van der Waals surface area contributed by atoms with Crippen LogP contribution in [0.4, 0.5) is 0 Å². The molecule has 0 aliphatic heterocycles. The summed E-state index contributed by atoms with van der Waals surface area (Å²) in [4.78, 5) is 0. The van der Waals surface area contributed by atoms with Gasteiger partial charge in [0.2, 0.25) is 0 Å². The Morgan fingerprint density at radius 1 is 0.870 bits per heavy atom. The van der Waals surface area contributed by atoms with Crippen molar-refractivity contribution in [2.24, 2.45) is 17.8 Å².